The second-order valence-corrected chi connectivity index (χ2v) is 3.08. The predicted octanol–water partition coefficient (Wildman–Crippen LogP) is 1.69. The highest BCUT2D eigenvalue weighted by atomic mass is 16.1. The molecule has 1 N–H and O–H groups in total. The lowest BCUT2D eigenvalue weighted by atomic mass is 10.3. The molecule has 66 valence electrons. The van der Waals surface area contributed by atoms with Crippen molar-refractivity contribution >= 4 is 16.8 Å². The molecule has 0 saturated carbocycles. The molecule has 0 atom stereocenters. The summed E-state index contributed by atoms with van der Waals surface area (Å²) >= 11 is 0. The van der Waals surface area contributed by atoms with Crippen molar-refractivity contribution in [3.05, 3.63) is 30.1 Å². The average Bonchev–Trinajstić information content (AvgIpc) is 2.44. The number of carbonyl (C=O) groups excluding carboxylic acids is 1. The largest absolute Gasteiger partial charge is 0.342 e. The van der Waals surface area contributed by atoms with Gasteiger partial charge in [0.2, 0.25) is 0 Å². The molecule has 3 nitrogen and oxygen atoms in total. The van der Waals surface area contributed by atoms with Gasteiger partial charge < -0.3 is 4.98 Å². The van der Waals surface area contributed by atoms with E-state index in [4.69, 9.17) is 0 Å². The number of aromatic nitrogens is 2. The van der Waals surface area contributed by atoms with E-state index in [0.717, 1.165) is 16.9 Å². The minimum absolute atomic E-state index is 0.124. The summed E-state index contributed by atoms with van der Waals surface area (Å²) in [5, 5.41) is 0. The Kier molecular flexibility index (Phi) is 1.85. The Hall–Kier alpha value is -1.64. The van der Waals surface area contributed by atoms with Gasteiger partial charge in [0.1, 0.15) is 11.6 Å². The molecule has 0 aliphatic heterocycles. The van der Waals surface area contributed by atoms with Gasteiger partial charge in [-0.25, -0.2) is 4.98 Å². The molecule has 0 bridgehead atoms. The van der Waals surface area contributed by atoms with Crippen LogP contribution in [0.15, 0.2) is 24.3 Å². The number of aromatic amines is 1. The molecule has 0 fully saturated rings. The van der Waals surface area contributed by atoms with E-state index in [1.54, 1.807) is 6.92 Å². The highest BCUT2D eigenvalue weighted by Gasteiger charge is 2.03. The number of hydrogen-bond acceptors (Lipinski definition) is 2. The minimum Gasteiger partial charge on any atom is -0.342 e. The summed E-state index contributed by atoms with van der Waals surface area (Å²) in [4.78, 5) is 18.2. The van der Waals surface area contributed by atoms with Gasteiger partial charge in [-0.15, -0.1) is 0 Å². The summed E-state index contributed by atoms with van der Waals surface area (Å²) in [5.74, 6) is 0.868. The highest BCUT2D eigenvalue weighted by Crippen LogP contribution is 2.10. The van der Waals surface area contributed by atoms with Crippen LogP contribution in [0.3, 0.4) is 0 Å². The van der Waals surface area contributed by atoms with E-state index in [2.05, 4.69) is 9.97 Å². The van der Waals surface area contributed by atoms with Gasteiger partial charge in [-0.3, -0.25) is 4.79 Å². The van der Waals surface area contributed by atoms with Gasteiger partial charge in [0.25, 0.3) is 0 Å². The summed E-state index contributed by atoms with van der Waals surface area (Å²) in [5.41, 5.74) is 1.90. The quantitative estimate of drug-likeness (QED) is 0.753. The third-order valence-corrected chi connectivity index (χ3v) is 1.85. The van der Waals surface area contributed by atoms with Crippen LogP contribution in [0.5, 0.6) is 0 Å². The van der Waals surface area contributed by atoms with E-state index in [0.29, 0.717) is 6.42 Å². The van der Waals surface area contributed by atoms with Crippen LogP contribution >= 0.6 is 0 Å². The molecule has 2 aromatic rings. The Balaban J connectivity index is 2.44. The van der Waals surface area contributed by atoms with E-state index in [-0.39, 0.29) is 5.78 Å². The zero-order chi connectivity index (χ0) is 9.26. The number of fused-ring (bicyclic) bond motifs is 1. The van der Waals surface area contributed by atoms with E-state index >= 15 is 0 Å². The van der Waals surface area contributed by atoms with Crippen molar-refractivity contribution in [1.29, 1.82) is 0 Å². The normalized spacial score (nSPS) is 10.5. The summed E-state index contributed by atoms with van der Waals surface area (Å²) in [6.07, 6.45) is 0.384. The number of carbonyl (C=O) groups is 1. The molecule has 0 unspecified atom stereocenters. The van der Waals surface area contributed by atoms with Crippen LogP contribution in [0.1, 0.15) is 12.7 Å². The molecule has 3 heteroatoms. The van der Waals surface area contributed by atoms with Gasteiger partial charge in [0, 0.05) is 0 Å². The van der Waals surface area contributed by atoms with Crippen molar-refractivity contribution in [2.45, 2.75) is 13.3 Å². The van der Waals surface area contributed by atoms with Crippen molar-refractivity contribution in [2.24, 2.45) is 0 Å². The first-order valence-electron chi connectivity index (χ1n) is 4.19. The fourth-order valence-electron chi connectivity index (χ4n) is 1.33. The topological polar surface area (TPSA) is 45.8 Å². The maximum atomic E-state index is 10.8. The standard InChI is InChI=1S/C10H10N2O/c1-7(13)6-10-11-8-4-2-3-5-9(8)12-10/h2-5H,6H2,1H3,(H,11,12). The molecule has 0 amide bonds. The number of Topliss-reactive ketones (excluding diaryl/α,β-unsaturated/α-hetero) is 1. The molecule has 1 aromatic carbocycles. The molecule has 0 aliphatic rings. The van der Waals surface area contributed by atoms with Crippen molar-refractivity contribution in [1.82, 2.24) is 9.97 Å². The molecule has 13 heavy (non-hydrogen) atoms. The minimum atomic E-state index is 0.124. The monoisotopic (exact) mass is 174 g/mol. The lowest BCUT2D eigenvalue weighted by Crippen LogP contribution is -1.97. The average molecular weight is 174 g/mol. The Morgan fingerprint density at radius 2 is 2.23 bits per heavy atom. The highest BCUT2D eigenvalue weighted by molar-refractivity contribution is 5.80. The summed E-state index contributed by atoms with van der Waals surface area (Å²) in [7, 11) is 0. The molecule has 0 aliphatic carbocycles. The second kappa shape index (κ2) is 3.01. The molecule has 0 radical (unpaired) electrons. The number of benzene rings is 1. The Morgan fingerprint density at radius 3 is 2.92 bits per heavy atom. The first-order valence-corrected chi connectivity index (χ1v) is 4.19. The van der Waals surface area contributed by atoms with E-state index < -0.39 is 0 Å². The number of imidazole rings is 1. The van der Waals surface area contributed by atoms with Crippen molar-refractivity contribution in [2.75, 3.05) is 0 Å². The number of hydrogen-bond donors (Lipinski definition) is 1. The third kappa shape index (κ3) is 1.59. The van der Waals surface area contributed by atoms with Crippen LogP contribution in [-0.2, 0) is 11.2 Å². The first-order chi connectivity index (χ1) is 6.25. The zero-order valence-corrected chi connectivity index (χ0v) is 7.37. The van der Waals surface area contributed by atoms with Crippen LogP contribution in [-0.4, -0.2) is 15.8 Å². The smallest absolute Gasteiger partial charge is 0.137 e. The number of H-pyrrole nitrogens is 1. The van der Waals surface area contributed by atoms with Crippen LogP contribution in [0.25, 0.3) is 11.0 Å². The van der Waals surface area contributed by atoms with Crippen LogP contribution in [0.2, 0.25) is 0 Å². The summed E-state index contributed by atoms with van der Waals surface area (Å²) in [6.45, 7) is 1.56. The number of nitrogens with one attached hydrogen (secondary N) is 1. The summed E-state index contributed by atoms with van der Waals surface area (Å²) in [6, 6.07) is 7.75. The van der Waals surface area contributed by atoms with E-state index in [1.807, 2.05) is 24.3 Å². The van der Waals surface area contributed by atoms with E-state index in [9.17, 15) is 4.79 Å². The fourth-order valence-corrected chi connectivity index (χ4v) is 1.33. The number of nitrogens with zero attached hydrogens (tertiary/aromatic N) is 1. The third-order valence-electron chi connectivity index (χ3n) is 1.85. The SMILES string of the molecule is CC(=O)Cc1nc2ccccc2[nH]1. The number of ketones is 1. The molecular formula is C10H10N2O. The maximum Gasteiger partial charge on any atom is 0.137 e. The Morgan fingerprint density at radius 1 is 1.46 bits per heavy atom. The van der Waals surface area contributed by atoms with Crippen LogP contribution in [0, 0.1) is 0 Å². The second-order valence-electron chi connectivity index (χ2n) is 3.08. The molecule has 0 spiro atoms. The van der Waals surface area contributed by atoms with Gasteiger partial charge in [0.15, 0.2) is 0 Å². The van der Waals surface area contributed by atoms with Gasteiger partial charge in [-0.05, 0) is 19.1 Å². The zero-order valence-electron chi connectivity index (χ0n) is 7.37. The Bertz CT molecular complexity index is 412. The fraction of sp³-hybridized carbons (Fsp3) is 0.200. The predicted molar refractivity (Wildman–Crippen MR) is 50.5 cm³/mol. The first kappa shape index (κ1) is 7.98. The van der Waals surface area contributed by atoms with E-state index in [1.165, 1.54) is 0 Å². The number of para-hydroxylation sites is 2. The molecule has 2 rings (SSSR count). The molecule has 0 saturated heterocycles. The van der Waals surface area contributed by atoms with Crippen molar-refractivity contribution in [3.63, 3.8) is 0 Å². The number of rotatable bonds is 2. The molecule has 1 aromatic heterocycles. The molecular weight excluding hydrogens is 164 g/mol. The Labute approximate surface area is 75.8 Å². The van der Waals surface area contributed by atoms with Gasteiger partial charge >= 0.3 is 0 Å². The van der Waals surface area contributed by atoms with Gasteiger partial charge in [-0.2, -0.15) is 0 Å². The van der Waals surface area contributed by atoms with Gasteiger partial charge in [0.05, 0.1) is 17.5 Å². The van der Waals surface area contributed by atoms with Crippen molar-refractivity contribution in [3.8, 4) is 0 Å². The summed E-state index contributed by atoms with van der Waals surface area (Å²) < 4.78 is 0. The van der Waals surface area contributed by atoms with Crippen LogP contribution < -0.4 is 0 Å². The maximum absolute atomic E-state index is 10.8. The van der Waals surface area contributed by atoms with Gasteiger partial charge in [-0.1, -0.05) is 12.1 Å². The van der Waals surface area contributed by atoms with Crippen molar-refractivity contribution < 1.29 is 4.79 Å². The molecule has 1 heterocycles. The lowest BCUT2D eigenvalue weighted by Gasteiger charge is -1.87. The lowest BCUT2D eigenvalue weighted by molar-refractivity contribution is -0.116. The van der Waals surface area contributed by atoms with Crippen LogP contribution in [0.4, 0.5) is 0 Å².